The highest BCUT2D eigenvalue weighted by atomic mass is 19.4. The second-order valence-corrected chi connectivity index (χ2v) is 6.24. The van der Waals surface area contributed by atoms with Gasteiger partial charge in [0.05, 0.1) is 17.5 Å². The van der Waals surface area contributed by atoms with Gasteiger partial charge < -0.3 is 4.90 Å². The van der Waals surface area contributed by atoms with Crippen molar-refractivity contribution in [3.8, 4) is 0 Å². The van der Waals surface area contributed by atoms with Crippen LogP contribution in [0.25, 0.3) is 0 Å². The van der Waals surface area contributed by atoms with Crippen LogP contribution in [0.1, 0.15) is 5.69 Å². The Labute approximate surface area is 146 Å². The van der Waals surface area contributed by atoms with Crippen LogP contribution in [0.4, 0.5) is 24.7 Å². The molecule has 2 unspecified atom stereocenters. The summed E-state index contributed by atoms with van der Waals surface area (Å²) in [5.74, 6) is -1.44. The van der Waals surface area contributed by atoms with Gasteiger partial charge in [0.25, 0.3) is 0 Å². The molecule has 26 heavy (non-hydrogen) atoms. The molecule has 3 heterocycles. The number of halogens is 3. The third-order valence-electron chi connectivity index (χ3n) is 4.67. The largest absolute Gasteiger partial charge is 0.435 e. The number of fused-ring (bicyclic) bond motifs is 1. The van der Waals surface area contributed by atoms with Crippen molar-refractivity contribution in [1.29, 1.82) is 0 Å². The average Bonchev–Trinajstić information content (AvgIpc) is 3.15. The van der Waals surface area contributed by atoms with E-state index in [-0.39, 0.29) is 30.7 Å². The summed E-state index contributed by atoms with van der Waals surface area (Å²) < 4.78 is 37.7. The predicted octanol–water partition coefficient (Wildman–Crippen LogP) is 2.12. The minimum atomic E-state index is -4.56. The Morgan fingerprint density at radius 2 is 1.50 bits per heavy atom. The monoisotopic (exact) mass is 362 g/mol. The van der Waals surface area contributed by atoms with Crippen molar-refractivity contribution in [2.24, 2.45) is 11.8 Å². The lowest BCUT2D eigenvalue weighted by atomic mass is 10.00. The topological polar surface area (TPSA) is 66.4 Å². The van der Waals surface area contributed by atoms with Gasteiger partial charge in [0.1, 0.15) is 0 Å². The molecule has 2 aliphatic heterocycles. The minimum absolute atomic E-state index is 0.221. The Morgan fingerprint density at radius 1 is 0.885 bits per heavy atom. The van der Waals surface area contributed by atoms with Crippen LogP contribution in [0.5, 0.6) is 0 Å². The fraction of sp³-hybridized carbons (Fsp3) is 0.294. The second-order valence-electron chi connectivity index (χ2n) is 6.24. The van der Waals surface area contributed by atoms with Crippen molar-refractivity contribution >= 4 is 23.3 Å². The summed E-state index contributed by atoms with van der Waals surface area (Å²) in [6, 6.07) is 10.7. The highest BCUT2D eigenvalue weighted by Gasteiger charge is 2.53. The molecular weight excluding hydrogens is 349 g/mol. The van der Waals surface area contributed by atoms with E-state index in [9.17, 15) is 22.8 Å². The molecule has 0 spiro atoms. The van der Waals surface area contributed by atoms with E-state index in [2.05, 4.69) is 10.2 Å². The van der Waals surface area contributed by atoms with Gasteiger partial charge in [0, 0.05) is 13.1 Å². The maximum atomic E-state index is 12.7. The van der Waals surface area contributed by atoms with Gasteiger partial charge in [-0.25, -0.2) is 4.90 Å². The molecule has 9 heteroatoms. The number of hydrogen-bond donors (Lipinski definition) is 0. The number of para-hydroxylation sites is 1. The van der Waals surface area contributed by atoms with E-state index in [1.165, 1.54) is 11.0 Å². The van der Waals surface area contributed by atoms with Crippen LogP contribution in [0, 0.1) is 11.8 Å². The van der Waals surface area contributed by atoms with Gasteiger partial charge in [-0.05, 0) is 24.3 Å². The quantitative estimate of drug-likeness (QED) is 0.766. The molecule has 2 amide bonds. The molecule has 0 bridgehead atoms. The number of aromatic nitrogens is 2. The minimum Gasteiger partial charge on any atom is -0.353 e. The first kappa shape index (κ1) is 16.5. The van der Waals surface area contributed by atoms with Crippen molar-refractivity contribution in [2.45, 2.75) is 6.18 Å². The van der Waals surface area contributed by atoms with Gasteiger partial charge in [-0.2, -0.15) is 13.2 Å². The first-order valence-electron chi connectivity index (χ1n) is 7.95. The van der Waals surface area contributed by atoms with E-state index in [4.69, 9.17) is 0 Å². The van der Waals surface area contributed by atoms with E-state index in [1.807, 2.05) is 0 Å². The zero-order valence-corrected chi connectivity index (χ0v) is 13.3. The Bertz CT molecular complexity index is 831. The third-order valence-corrected chi connectivity index (χ3v) is 4.67. The SMILES string of the molecule is O=C1C2CN(c3ccc(C(F)(F)F)nn3)CC2C(=O)N1c1ccccc1. The molecule has 0 saturated carbocycles. The maximum absolute atomic E-state index is 12.7. The Hall–Kier alpha value is -2.97. The number of amides is 2. The normalized spacial score (nSPS) is 22.9. The van der Waals surface area contributed by atoms with Crippen LogP contribution in [0.2, 0.25) is 0 Å². The number of carbonyl (C=O) groups is 2. The van der Waals surface area contributed by atoms with Crippen molar-refractivity contribution in [2.75, 3.05) is 22.9 Å². The first-order chi connectivity index (χ1) is 12.4. The zero-order valence-electron chi connectivity index (χ0n) is 13.3. The molecule has 2 aliphatic rings. The van der Waals surface area contributed by atoms with E-state index in [0.717, 1.165) is 6.07 Å². The van der Waals surface area contributed by atoms with E-state index in [1.54, 1.807) is 35.2 Å². The Morgan fingerprint density at radius 3 is 2.00 bits per heavy atom. The number of nitrogens with zero attached hydrogens (tertiary/aromatic N) is 4. The summed E-state index contributed by atoms with van der Waals surface area (Å²) in [4.78, 5) is 28.1. The van der Waals surface area contributed by atoms with Crippen LogP contribution in [0.3, 0.4) is 0 Å². The van der Waals surface area contributed by atoms with Gasteiger partial charge in [0.15, 0.2) is 11.5 Å². The second kappa shape index (κ2) is 5.79. The summed E-state index contributed by atoms with van der Waals surface area (Å²) in [6.07, 6.45) is -4.56. The standard InChI is InChI=1S/C17H13F3N4O2/c18-17(19,20)13-6-7-14(22-21-13)23-8-11-12(9-23)16(26)24(15(11)25)10-4-2-1-3-5-10/h1-7,11-12H,8-9H2. The number of rotatable bonds is 2. The lowest BCUT2D eigenvalue weighted by molar-refractivity contribution is -0.141. The van der Waals surface area contributed by atoms with Crippen LogP contribution in [-0.4, -0.2) is 35.1 Å². The average molecular weight is 362 g/mol. The number of hydrogen-bond acceptors (Lipinski definition) is 5. The number of alkyl halides is 3. The fourth-order valence-corrected chi connectivity index (χ4v) is 3.41. The molecular formula is C17H13F3N4O2. The lowest BCUT2D eigenvalue weighted by Gasteiger charge is -2.21. The van der Waals surface area contributed by atoms with Gasteiger partial charge in [0.2, 0.25) is 11.8 Å². The van der Waals surface area contributed by atoms with Crippen molar-refractivity contribution < 1.29 is 22.8 Å². The van der Waals surface area contributed by atoms with E-state index >= 15 is 0 Å². The number of anilines is 2. The van der Waals surface area contributed by atoms with Crippen molar-refractivity contribution in [3.05, 3.63) is 48.2 Å². The molecule has 0 aliphatic carbocycles. The predicted molar refractivity (Wildman–Crippen MR) is 85.2 cm³/mol. The molecule has 1 aromatic carbocycles. The van der Waals surface area contributed by atoms with Crippen molar-refractivity contribution in [1.82, 2.24) is 10.2 Å². The molecule has 0 radical (unpaired) electrons. The third kappa shape index (κ3) is 2.59. The smallest absolute Gasteiger partial charge is 0.353 e. The van der Waals surface area contributed by atoms with Gasteiger partial charge in [-0.3, -0.25) is 9.59 Å². The van der Waals surface area contributed by atoms with Crippen LogP contribution < -0.4 is 9.80 Å². The van der Waals surface area contributed by atoms with Crippen LogP contribution in [0.15, 0.2) is 42.5 Å². The molecule has 2 saturated heterocycles. The number of carbonyl (C=O) groups excluding carboxylic acids is 2. The van der Waals surface area contributed by atoms with Gasteiger partial charge >= 0.3 is 6.18 Å². The Balaban J connectivity index is 1.54. The molecule has 134 valence electrons. The van der Waals surface area contributed by atoms with Crippen molar-refractivity contribution in [3.63, 3.8) is 0 Å². The molecule has 2 fully saturated rings. The number of benzene rings is 1. The van der Waals surface area contributed by atoms with Crippen LogP contribution >= 0.6 is 0 Å². The summed E-state index contributed by atoms with van der Waals surface area (Å²) >= 11 is 0. The maximum Gasteiger partial charge on any atom is 0.435 e. The molecule has 4 rings (SSSR count). The van der Waals surface area contributed by atoms with E-state index < -0.39 is 23.7 Å². The lowest BCUT2D eigenvalue weighted by Crippen LogP contribution is -2.36. The van der Waals surface area contributed by atoms with Crippen LogP contribution in [-0.2, 0) is 15.8 Å². The van der Waals surface area contributed by atoms with Gasteiger partial charge in [-0.1, -0.05) is 18.2 Å². The summed E-state index contributed by atoms with van der Waals surface area (Å²) in [6.45, 7) is 0.442. The fourth-order valence-electron chi connectivity index (χ4n) is 3.41. The first-order valence-corrected chi connectivity index (χ1v) is 7.95. The highest BCUT2D eigenvalue weighted by molar-refractivity contribution is 6.22. The van der Waals surface area contributed by atoms with Gasteiger partial charge in [-0.15, -0.1) is 10.2 Å². The molecule has 6 nitrogen and oxygen atoms in total. The summed E-state index contributed by atoms with van der Waals surface area (Å²) in [5, 5.41) is 6.79. The molecule has 0 N–H and O–H groups in total. The zero-order chi connectivity index (χ0) is 18.5. The van der Waals surface area contributed by atoms with E-state index in [0.29, 0.717) is 5.69 Å². The molecule has 1 aromatic heterocycles. The summed E-state index contributed by atoms with van der Waals surface area (Å²) in [5.41, 5.74) is -0.555. The highest BCUT2D eigenvalue weighted by Crippen LogP contribution is 2.37. The Kier molecular flexibility index (Phi) is 3.67. The molecule has 2 aromatic rings. The molecule has 2 atom stereocenters. The summed E-state index contributed by atoms with van der Waals surface area (Å²) in [7, 11) is 0. The number of imide groups is 1.